The Balaban J connectivity index is 1.53. The van der Waals surface area contributed by atoms with Crippen LogP contribution in [0.3, 0.4) is 0 Å². The molecule has 2 heterocycles. The molecule has 1 atom stereocenters. The number of thiophene rings is 1. The molecule has 2 amide bonds. The van der Waals surface area contributed by atoms with Crippen molar-refractivity contribution >= 4 is 34.7 Å². The number of hydrogen-bond acceptors (Lipinski definition) is 3. The van der Waals surface area contributed by atoms with Crippen molar-refractivity contribution in [1.82, 2.24) is 4.90 Å². The van der Waals surface area contributed by atoms with Gasteiger partial charge in [0, 0.05) is 21.3 Å². The van der Waals surface area contributed by atoms with Crippen molar-refractivity contribution in [2.45, 2.75) is 38.1 Å². The van der Waals surface area contributed by atoms with Crippen LogP contribution < -0.4 is 10.1 Å². The van der Waals surface area contributed by atoms with Crippen LogP contribution in [0, 0.1) is 0 Å². The van der Waals surface area contributed by atoms with Crippen LogP contribution in [-0.4, -0.2) is 24.6 Å². The van der Waals surface area contributed by atoms with Gasteiger partial charge in [-0.2, -0.15) is 0 Å². The van der Waals surface area contributed by atoms with Gasteiger partial charge in [-0.05, 0) is 67.0 Å². The quantitative estimate of drug-likeness (QED) is 0.494. The Hall–Kier alpha value is -2.50. The highest BCUT2D eigenvalue weighted by atomic mass is 35.5. The van der Waals surface area contributed by atoms with Crippen LogP contribution in [0.1, 0.15) is 45.3 Å². The average Bonchev–Trinajstić information content (AvgIpc) is 3.18. The van der Waals surface area contributed by atoms with Crippen molar-refractivity contribution in [3.63, 3.8) is 0 Å². The molecule has 4 nitrogen and oxygen atoms in total. The summed E-state index contributed by atoms with van der Waals surface area (Å²) in [5.41, 5.74) is 4.78. The third kappa shape index (κ3) is 3.81. The monoisotopic (exact) mass is 452 g/mol. The zero-order valence-electron chi connectivity index (χ0n) is 17.5. The van der Waals surface area contributed by atoms with E-state index in [-0.39, 0.29) is 12.1 Å². The maximum absolute atomic E-state index is 13.5. The smallest absolute Gasteiger partial charge is 0.322 e. The largest absolute Gasteiger partial charge is 0.495 e. The summed E-state index contributed by atoms with van der Waals surface area (Å²) < 4.78 is 5.42. The number of aryl methyl sites for hydroxylation is 1. The van der Waals surface area contributed by atoms with Crippen LogP contribution in [0.2, 0.25) is 5.02 Å². The van der Waals surface area contributed by atoms with Crippen molar-refractivity contribution in [3.8, 4) is 5.75 Å². The first-order valence-corrected chi connectivity index (χ1v) is 11.9. The van der Waals surface area contributed by atoms with Gasteiger partial charge in [0.25, 0.3) is 0 Å². The molecule has 1 aromatic heterocycles. The second-order valence-corrected chi connectivity index (χ2v) is 9.66. The molecule has 31 heavy (non-hydrogen) atoms. The fraction of sp³-hybridized carbons (Fsp3) is 0.320. The second kappa shape index (κ2) is 8.56. The van der Waals surface area contributed by atoms with Crippen molar-refractivity contribution in [2.24, 2.45) is 0 Å². The van der Waals surface area contributed by atoms with E-state index in [9.17, 15) is 4.79 Å². The summed E-state index contributed by atoms with van der Waals surface area (Å²) in [6.07, 6.45) is 5.78. The van der Waals surface area contributed by atoms with Gasteiger partial charge in [0.2, 0.25) is 0 Å². The molecule has 0 fully saturated rings. The van der Waals surface area contributed by atoms with Gasteiger partial charge in [-0.25, -0.2) is 4.79 Å². The lowest BCUT2D eigenvalue weighted by Crippen LogP contribution is -2.42. The number of anilines is 1. The summed E-state index contributed by atoms with van der Waals surface area (Å²) >= 11 is 8.08. The number of ether oxygens (including phenoxy) is 1. The molecule has 0 bridgehead atoms. The van der Waals surface area contributed by atoms with Gasteiger partial charge < -0.3 is 15.0 Å². The molecule has 1 N–H and O–H groups in total. The summed E-state index contributed by atoms with van der Waals surface area (Å²) in [7, 11) is 1.59. The number of rotatable bonds is 3. The highest BCUT2D eigenvalue weighted by Gasteiger charge is 2.36. The first-order valence-electron chi connectivity index (χ1n) is 10.7. The summed E-state index contributed by atoms with van der Waals surface area (Å²) in [6.45, 7) is 0.685. The lowest BCUT2D eigenvalue weighted by atomic mass is 9.88. The van der Waals surface area contributed by atoms with Crippen LogP contribution in [-0.2, 0) is 19.3 Å². The van der Waals surface area contributed by atoms with Crippen molar-refractivity contribution < 1.29 is 9.53 Å². The summed E-state index contributed by atoms with van der Waals surface area (Å²) in [4.78, 5) is 18.3. The number of carbonyl (C=O) groups is 1. The van der Waals surface area contributed by atoms with Crippen LogP contribution >= 0.6 is 22.9 Å². The predicted octanol–water partition coefficient (Wildman–Crippen LogP) is 6.47. The van der Waals surface area contributed by atoms with Gasteiger partial charge in [0.15, 0.2) is 0 Å². The average molecular weight is 453 g/mol. The summed E-state index contributed by atoms with van der Waals surface area (Å²) in [5, 5.41) is 3.60. The van der Waals surface area contributed by atoms with Gasteiger partial charge in [-0.15, -0.1) is 11.3 Å². The minimum atomic E-state index is -0.133. The van der Waals surface area contributed by atoms with Crippen LogP contribution in [0.5, 0.6) is 5.75 Å². The first-order chi connectivity index (χ1) is 15.2. The van der Waals surface area contributed by atoms with Gasteiger partial charge in [-0.1, -0.05) is 41.9 Å². The van der Waals surface area contributed by atoms with E-state index in [0.717, 1.165) is 12.0 Å². The number of carbonyl (C=O) groups excluding carboxylic acids is 1. The summed E-state index contributed by atoms with van der Waals surface area (Å²) in [6, 6.07) is 15.4. The molecular weight excluding hydrogens is 428 g/mol. The minimum absolute atomic E-state index is 0.0780. The number of benzene rings is 2. The molecule has 1 aliphatic carbocycles. The van der Waals surface area contributed by atoms with E-state index in [1.807, 2.05) is 34.4 Å². The third-order valence-corrected chi connectivity index (χ3v) is 7.88. The zero-order chi connectivity index (χ0) is 21.4. The zero-order valence-corrected chi connectivity index (χ0v) is 19.1. The van der Waals surface area contributed by atoms with Gasteiger partial charge in [0.1, 0.15) is 5.75 Å². The molecule has 2 aliphatic rings. The fourth-order valence-electron chi connectivity index (χ4n) is 4.80. The molecule has 0 radical (unpaired) electrons. The van der Waals surface area contributed by atoms with E-state index in [4.69, 9.17) is 16.3 Å². The van der Waals surface area contributed by atoms with E-state index >= 15 is 0 Å². The maximum Gasteiger partial charge on any atom is 0.322 e. The maximum atomic E-state index is 13.5. The molecule has 0 unspecified atom stereocenters. The number of amides is 2. The standard InChI is InChI=1S/C25H25ClN2O2S/c1-30-21-12-11-17(26)15-20(21)27-25(29)28-14-13-19-18-9-5-6-10-22(18)31-24(19)23(28)16-7-3-2-4-8-16/h2-4,7-8,11-12,15,23H,5-6,9-10,13-14H2,1H3,(H,27,29)/t23-/m1/s1. The Morgan fingerprint density at radius 2 is 1.90 bits per heavy atom. The Morgan fingerprint density at radius 3 is 2.71 bits per heavy atom. The van der Waals surface area contributed by atoms with Crippen LogP contribution in [0.15, 0.2) is 48.5 Å². The fourth-order valence-corrected chi connectivity index (χ4v) is 6.56. The van der Waals surface area contributed by atoms with Crippen molar-refractivity contribution in [3.05, 3.63) is 80.0 Å². The number of methoxy groups -OCH3 is 1. The van der Waals surface area contributed by atoms with Gasteiger partial charge in [0.05, 0.1) is 18.8 Å². The van der Waals surface area contributed by atoms with Gasteiger partial charge >= 0.3 is 6.03 Å². The van der Waals surface area contributed by atoms with Crippen molar-refractivity contribution in [1.29, 1.82) is 0 Å². The molecule has 5 rings (SSSR count). The molecule has 0 spiro atoms. The number of nitrogens with one attached hydrogen (secondary N) is 1. The van der Waals surface area contributed by atoms with E-state index in [0.29, 0.717) is 23.0 Å². The minimum Gasteiger partial charge on any atom is -0.495 e. The number of nitrogens with zero attached hydrogens (tertiary/aromatic N) is 1. The highest BCUT2D eigenvalue weighted by molar-refractivity contribution is 7.12. The normalized spacial score (nSPS) is 17.6. The molecule has 3 aromatic rings. The number of halogens is 1. The Kier molecular flexibility index (Phi) is 5.63. The predicted molar refractivity (Wildman–Crippen MR) is 127 cm³/mol. The molecule has 160 valence electrons. The van der Waals surface area contributed by atoms with E-state index < -0.39 is 0 Å². The molecule has 0 saturated heterocycles. The molecule has 0 saturated carbocycles. The summed E-state index contributed by atoms with van der Waals surface area (Å²) in [5.74, 6) is 0.596. The molecule has 6 heteroatoms. The topological polar surface area (TPSA) is 41.6 Å². The number of hydrogen-bond donors (Lipinski definition) is 1. The second-order valence-electron chi connectivity index (χ2n) is 8.09. The highest BCUT2D eigenvalue weighted by Crippen LogP contribution is 2.45. The van der Waals surface area contributed by atoms with E-state index in [1.54, 1.807) is 30.9 Å². The Bertz CT molecular complexity index is 1110. The molecular formula is C25H25ClN2O2S. The number of urea groups is 1. The van der Waals surface area contributed by atoms with Crippen LogP contribution in [0.25, 0.3) is 0 Å². The van der Waals surface area contributed by atoms with E-state index in [1.165, 1.54) is 41.0 Å². The SMILES string of the molecule is COc1ccc(Cl)cc1NC(=O)N1CCc2c(sc3c2CCCC3)[C@H]1c1ccccc1. The van der Waals surface area contributed by atoms with E-state index in [2.05, 4.69) is 17.4 Å². The number of fused-ring (bicyclic) bond motifs is 3. The van der Waals surface area contributed by atoms with Crippen LogP contribution in [0.4, 0.5) is 10.5 Å². The lowest BCUT2D eigenvalue weighted by Gasteiger charge is -2.36. The van der Waals surface area contributed by atoms with Crippen molar-refractivity contribution in [2.75, 3.05) is 19.0 Å². The Morgan fingerprint density at radius 1 is 1.10 bits per heavy atom. The van der Waals surface area contributed by atoms with Gasteiger partial charge in [-0.3, -0.25) is 0 Å². The first kappa shape index (κ1) is 20.4. The Labute approximate surface area is 191 Å². The third-order valence-electron chi connectivity index (χ3n) is 6.25. The lowest BCUT2D eigenvalue weighted by molar-refractivity contribution is 0.195. The molecule has 1 aliphatic heterocycles. The molecule has 2 aromatic carbocycles.